The number of carbonyl (C=O) groups excluding carboxylic acids is 1. The van der Waals surface area contributed by atoms with Crippen LogP contribution in [0.25, 0.3) is 11.0 Å². The van der Waals surface area contributed by atoms with Crippen LogP contribution in [0.4, 0.5) is 5.69 Å². The molecule has 0 saturated carbocycles. The standard InChI is InChI=1S/C17H22N2O3/c1-4-7-18-11-14(20)8-12-9-17(21)22-16-10-13(19(2)3)5-6-15(12)16/h5-6,9-10,18H,4,7-8,11H2,1-3H3. The van der Waals surface area contributed by atoms with Gasteiger partial charge in [0.1, 0.15) is 5.58 Å². The van der Waals surface area contributed by atoms with Gasteiger partial charge in [0.15, 0.2) is 5.78 Å². The number of fused-ring (bicyclic) bond motifs is 1. The summed E-state index contributed by atoms with van der Waals surface area (Å²) in [5.41, 5.74) is 1.76. The predicted octanol–water partition coefficient (Wildman–Crippen LogP) is 1.97. The lowest BCUT2D eigenvalue weighted by Gasteiger charge is -2.13. The van der Waals surface area contributed by atoms with Crippen LogP contribution in [0.2, 0.25) is 0 Å². The first-order valence-corrected chi connectivity index (χ1v) is 7.47. The number of carbonyl (C=O) groups is 1. The molecule has 0 radical (unpaired) electrons. The van der Waals surface area contributed by atoms with E-state index >= 15 is 0 Å². The van der Waals surface area contributed by atoms with Crippen LogP contribution in [-0.4, -0.2) is 33.0 Å². The monoisotopic (exact) mass is 302 g/mol. The van der Waals surface area contributed by atoms with Gasteiger partial charge in [-0.1, -0.05) is 6.92 Å². The third-order valence-electron chi connectivity index (χ3n) is 3.47. The second-order valence-electron chi connectivity index (χ2n) is 5.56. The van der Waals surface area contributed by atoms with Crippen molar-refractivity contribution in [1.29, 1.82) is 0 Å². The van der Waals surface area contributed by atoms with Gasteiger partial charge in [-0.2, -0.15) is 0 Å². The molecule has 0 spiro atoms. The summed E-state index contributed by atoms with van der Waals surface area (Å²) in [5, 5.41) is 3.90. The fourth-order valence-corrected chi connectivity index (χ4v) is 2.32. The van der Waals surface area contributed by atoms with E-state index in [9.17, 15) is 9.59 Å². The first-order valence-electron chi connectivity index (χ1n) is 7.47. The maximum atomic E-state index is 12.0. The predicted molar refractivity (Wildman–Crippen MR) is 88.7 cm³/mol. The fraction of sp³-hybridized carbons (Fsp3) is 0.412. The normalized spacial score (nSPS) is 10.9. The van der Waals surface area contributed by atoms with Crippen LogP contribution in [0.5, 0.6) is 0 Å². The van der Waals surface area contributed by atoms with Gasteiger partial charge in [0, 0.05) is 43.7 Å². The second-order valence-corrected chi connectivity index (χ2v) is 5.56. The average molecular weight is 302 g/mol. The number of rotatable bonds is 7. The van der Waals surface area contributed by atoms with E-state index in [2.05, 4.69) is 12.2 Å². The van der Waals surface area contributed by atoms with E-state index in [1.165, 1.54) is 6.07 Å². The molecule has 5 heteroatoms. The van der Waals surface area contributed by atoms with Gasteiger partial charge in [0.2, 0.25) is 0 Å². The van der Waals surface area contributed by atoms with Gasteiger partial charge in [0.05, 0.1) is 6.54 Å². The van der Waals surface area contributed by atoms with E-state index in [-0.39, 0.29) is 12.2 Å². The average Bonchev–Trinajstić information content (AvgIpc) is 2.46. The summed E-state index contributed by atoms with van der Waals surface area (Å²) in [6.07, 6.45) is 1.22. The zero-order chi connectivity index (χ0) is 16.1. The van der Waals surface area contributed by atoms with Crippen molar-refractivity contribution in [3.8, 4) is 0 Å². The molecule has 2 rings (SSSR count). The number of Topliss-reactive ketones (excluding diaryl/α,β-unsaturated/α-hetero) is 1. The molecule has 0 aliphatic rings. The number of nitrogens with one attached hydrogen (secondary N) is 1. The van der Waals surface area contributed by atoms with Gasteiger partial charge in [-0.3, -0.25) is 4.79 Å². The van der Waals surface area contributed by atoms with Crippen LogP contribution in [-0.2, 0) is 11.2 Å². The Hall–Kier alpha value is -2.14. The number of nitrogens with zero attached hydrogens (tertiary/aromatic N) is 1. The maximum Gasteiger partial charge on any atom is 0.336 e. The summed E-state index contributed by atoms with van der Waals surface area (Å²) in [4.78, 5) is 25.7. The third-order valence-corrected chi connectivity index (χ3v) is 3.47. The van der Waals surface area contributed by atoms with E-state index in [4.69, 9.17) is 4.42 Å². The molecule has 0 amide bonds. The Morgan fingerprint density at radius 1 is 1.27 bits per heavy atom. The lowest BCUT2D eigenvalue weighted by Crippen LogP contribution is -2.25. The molecule has 0 unspecified atom stereocenters. The van der Waals surface area contributed by atoms with Gasteiger partial charge >= 0.3 is 5.63 Å². The number of hydrogen-bond acceptors (Lipinski definition) is 5. The summed E-state index contributed by atoms with van der Waals surface area (Å²) in [6.45, 7) is 3.19. The molecule has 1 heterocycles. The highest BCUT2D eigenvalue weighted by Gasteiger charge is 2.11. The van der Waals surface area contributed by atoms with Crippen LogP contribution in [0.15, 0.2) is 33.5 Å². The van der Waals surface area contributed by atoms with E-state index in [1.807, 2.05) is 37.2 Å². The molecule has 5 nitrogen and oxygen atoms in total. The Bertz CT molecular complexity index is 719. The van der Waals surface area contributed by atoms with E-state index in [0.29, 0.717) is 12.1 Å². The van der Waals surface area contributed by atoms with Crippen LogP contribution in [0.3, 0.4) is 0 Å². The Morgan fingerprint density at radius 2 is 2.05 bits per heavy atom. The topological polar surface area (TPSA) is 62.6 Å². The van der Waals surface area contributed by atoms with Crippen LogP contribution in [0.1, 0.15) is 18.9 Å². The summed E-state index contributed by atoms with van der Waals surface area (Å²) < 4.78 is 5.26. The summed E-state index contributed by atoms with van der Waals surface area (Å²) in [6, 6.07) is 7.08. The van der Waals surface area contributed by atoms with Crippen LogP contribution >= 0.6 is 0 Å². The second kappa shape index (κ2) is 7.22. The Morgan fingerprint density at radius 3 is 2.73 bits per heavy atom. The molecule has 0 fully saturated rings. The smallest absolute Gasteiger partial charge is 0.336 e. The highest BCUT2D eigenvalue weighted by atomic mass is 16.4. The molecule has 22 heavy (non-hydrogen) atoms. The Kier molecular flexibility index (Phi) is 5.33. The molecule has 118 valence electrons. The highest BCUT2D eigenvalue weighted by Crippen LogP contribution is 2.23. The number of hydrogen-bond donors (Lipinski definition) is 1. The molecule has 1 N–H and O–H groups in total. The molecular formula is C17H22N2O3. The number of benzene rings is 1. The van der Waals surface area contributed by atoms with E-state index in [0.717, 1.165) is 29.6 Å². The molecule has 1 aromatic carbocycles. The van der Waals surface area contributed by atoms with Crippen molar-refractivity contribution >= 4 is 22.4 Å². The van der Waals surface area contributed by atoms with Crippen molar-refractivity contribution < 1.29 is 9.21 Å². The van der Waals surface area contributed by atoms with Gasteiger partial charge in [-0.05, 0) is 30.7 Å². The fourth-order valence-electron chi connectivity index (χ4n) is 2.32. The first-order chi connectivity index (χ1) is 10.5. The number of anilines is 1. The molecule has 0 bridgehead atoms. The van der Waals surface area contributed by atoms with Crippen molar-refractivity contribution in [2.24, 2.45) is 0 Å². The Balaban J connectivity index is 2.29. The van der Waals surface area contributed by atoms with Crippen LogP contribution < -0.4 is 15.8 Å². The summed E-state index contributed by atoms with van der Waals surface area (Å²) >= 11 is 0. The highest BCUT2D eigenvalue weighted by molar-refractivity contribution is 5.90. The molecule has 0 aliphatic carbocycles. The van der Waals surface area contributed by atoms with E-state index in [1.54, 1.807) is 0 Å². The zero-order valence-electron chi connectivity index (χ0n) is 13.3. The van der Waals surface area contributed by atoms with Crippen molar-refractivity contribution in [2.45, 2.75) is 19.8 Å². The quantitative estimate of drug-likeness (QED) is 0.626. The lowest BCUT2D eigenvalue weighted by atomic mass is 10.0. The van der Waals surface area contributed by atoms with Crippen molar-refractivity contribution in [3.05, 3.63) is 40.2 Å². The minimum atomic E-state index is -0.423. The lowest BCUT2D eigenvalue weighted by molar-refractivity contribution is -0.117. The van der Waals surface area contributed by atoms with Crippen molar-refractivity contribution in [2.75, 3.05) is 32.1 Å². The van der Waals surface area contributed by atoms with E-state index < -0.39 is 5.63 Å². The van der Waals surface area contributed by atoms with Crippen LogP contribution in [0, 0.1) is 0 Å². The Labute approximate surface area is 129 Å². The zero-order valence-corrected chi connectivity index (χ0v) is 13.3. The van der Waals surface area contributed by atoms with Gasteiger partial charge in [-0.25, -0.2) is 4.79 Å². The van der Waals surface area contributed by atoms with Crippen molar-refractivity contribution in [1.82, 2.24) is 5.32 Å². The molecule has 1 aromatic heterocycles. The summed E-state index contributed by atoms with van der Waals surface area (Å²) in [7, 11) is 3.85. The minimum absolute atomic E-state index is 0.0667. The van der Waals surface area contributed by atoms with Gasteiger partial charge < -0.3 is 14.6 Å². The molecule has 0 atom stereocenters. The molecular weight excluding hydrogens is 280 g/mol. The SMILES string of the molecule is CCCNCC(=O)Cc1cc(=O)oc2cc(N(C)C)ccc12. The molecule has 0 aliphatic heterocycles. The molecule has 2 aromatic rings. The minimum Gasteiger partial charge on any atom is -0.423 e. The van der Waals surface area contributed by atoms with Crippen molar-refractivity contribution in [3.63, 3.8) is 0 Å². The maximum absolute atomic E-state index is 12.0. The third kappa shape index (κ3) is 3.95. The number of ketones is 1. The summed E-state index contributed by atoms with van der Waals surface area (Å²) in [5.74, 6) is 0.0667. The first kappa shape index (κ1) is 16.2. The molecule has 0 saturated heterocycles. The van der Waals surface area contributed by atoms with Gasteiger partial charge in [-0.15, -0.1) is 0 Å². The largest absolute Gasteiger partial charge is 0.423 e. The van der Waals surface area contributed by atoms with Gasteiger partial charge in [0.25, 0.3) is 0 Å².